The molecule has 0 aromatic rings. The van der Waals surface area contributed by atoms with Gasteiger partial charge in [0.05, 0.1) is 13.0 Å². The highest BCUT2D eigenvalue weighted by molar-refractivity contribution is 7.87. The third kappa shape index (κ3) is 6.90. The molecule has 1 rings (SSSR count). The third-order valence-corrected chi connectivity index (χ3v) is 4.82. The van der Waals surface area contributed by atoms with Crippen LogP contribution in [0.1, 0.15) is 51.4 Å². The molecule has 122 valence electrons. The minimum absolute atomic E-state index is 0.146. The van der Waals surface area contributed by atoms with E-state index < -0.39 is 33.7 Å². The molecule has 0 spiro atoms. The lowest BCUT2D eigenvalue weighted by Gasteiger charge is -2.21. The summed E-state index contributed by atoms with van der Waals surface area (Å²) in [6.45, 7) is 0.146. The SMILES string of the molecule is O=C(CC(C(=O)O)S(=O)(=O)O)OCCCC1CCCCC1. The van der Waals surface area contributed by atoms with Crippen LogP contribution in [0.5, 0.6) is 0 Å². The van der Waals surface area contributed by atoms with E-state index >= 15 is 0 Å². The Morgan fingerprint density at radius 1 is 1.19 bits per heavy atom. The fourth-order valence-corrected chi connectivity index (χ4v) is 3.17. The van der Waals surface area contributed by atoms with Crippen molar-refractivity contribution in [2.24, 2.45) is 5.92 Å². The van der Waals surface area contributed by atoms with E-state index in [1.54, 1.807) is 0 Å². The zero-order valence-corrected chi connectivity index (χ0v) is 12.7. The molecule has 1 atom stereocenters. The molecular weight excluding hydrogens is 300 g/mol. The van der Waals surface area contributed by atoms with E-state index in [0.717, 1.165) is 6.42 Å². The molecule has 0 saturated heterocycles. The normalized spacial score (nSPS) is 18.1. The molecule has 1 aliphatic carbocycles. The number of ether oxygens (including phenoxy) is 1. The zero-order chi connectivity index (χ0) is 15.9. The predicted molar refractivity (Wildman–Crippen MR) is 74.4 cm³/mol. The Balaban J connectivity index is 2.25. The first-order valence-corrected chi connectivity index (χ1v) is 8.65. The van der Waals surface area contributed by atoms with E-state index in [0.29, 0.717) is 12.3 Å². The number of carboxylic acid groups (broad SMARTS) is 1. The largest absolute Gasteiger partial charge is 0.480 e. The Labute approximate surface area is 124 Å². The minimum atomic E-state index is -4.81. The molecule has 0 radical (unpaired) electrons. The van der Waals surface area contributed by atoms with E-state index in [1.165, 1.54) is 32.1 Å². The molecule has 0 amide bonds. The maximum atomic E-state index is 11.4. The van der Waals surface area contributed by atoms with E-state index in [-0.39, 0.29) is 6.61 Å². The number of carbonyl (C=O) groups excluding carboxylic acids is 1. The standard InChI is InChI=1S/C13H22O7S/c14-12(9-11(13(15)16)21(17,18)19)20-8-4-7-10-5-2-1-3-6-10/h10-11H,1-9H2,(H,15,16)(H,17,18,19). The van der Waals surface area contributed by atoms with Gasteiger partial charge >= 0.3 is 11.9 Å². The topological polar surface area (TPSA) is 118 Å². The van der Waals surface area contributed by atoms with Crippen molar-refractivity contribution in [3.63, 3.8) is 0 Å². The van der Waals surface area contributed by atoms with Crippen molar-refractivity contribution in [2.75, 3.05) is 6.61 Å². The first-order valence-electron chi connectivity index (χ1n) is 7.15. The molecule has 7 nitrogen and oxygen atoms in total. The van der Waals surface area contributed by atoms with Gasteiger partial charge in [0.2, 0.25) is 0 Å². The fourth-order valence-electron chi connectivity index (χ4n) is 2.56. The molecule has 0 aromatic carbocycles. The van der Waals surface area contributed by atoms with Crippen molar-refractivity contribution < 1.29 is 32.4 Å². The van der Waals surface area contributed by atoms with Gasteiger partial charge in [-0.25, -0.2) is 0 Å². The molecule has 0 heterocycles. The Morgan fingerprint density at radius 2 is 1.81 bits per heavy atom. The van der Waals surface area contributed by atoms with Gasteiger partial charge in [0.15, 0.2) is 5.25 Å². The summed E-state index contributed by atoms with van der Waals surface area (Å²) >= 11 is 0. The van der Waals surface area contributed by atoms with Crippen LogP contribution in [0.2, 0.25) is 0 Å². The summed E-state index contributed by atoms with van der Waals surface area (Å²) in [7, 11) is -4.81. The van der Waals surface area contributed by atoms with Crippen molar-refractivity contribution in [3.05, 3.63) is 0 Å². The molecule has 0 bridgehead atoms. The van der Waals surface area contributed by atoms with E-state index in [9.17, 15) is 18.0 Å². The van der Waals surface area contributed by atoms with E-state index in [4.69, 9.17) is 14.4 Å². The lowest BCUT2D eigenvalue weighted by atomic mass is 9.86. The van der Waals surface area contributed by atoms with Crippen LogP contribution in [0.4, 0.5) is 0 Å². The number of aliphatic carboxylic acids is 1. The summed E-state index contributed by atoms with van der Waals surface area (Å²) in [6.07, 6.45) is 6.89. The van der Waals surface area contributed by atoms with Crippen LogP contribution in [0.3, 0.4) is 0 Å². The van der Waals surface area contributed by atoms with Crippen LogP contribution in [-0.4, -0.2) is 41.9 Å². The van der Waals surface area contributed by atoms with Crippen LogP contribution in [0, 0.1) is 5.92 Å². The van der Waals surface area contributed by atoms with Crippen LogP contribution in [0.15, 0.2) is 0 Å². The number of hydrogen-bond donors (Lipinski definition) is 2. The Bertz CT molecular complexity index is 451. The van der Waals surface area contributed by atoms with Gasteiger partial charge in [0, 0.05) is 0 Å². The summed E-state index contributed by atoms with van der Waals surface area (Å²) in [6, 6.07) is 0. The van der Waals surface area contributed by atoms with Crippen molar-refractivity contribution >= 4 is 22.1 Å². The minimum Gasteiger partial charge on any atom is -0.480 e. The summed E-state index contributed by atoms with van der Waals surface area (Å²) in [4.78, 5) is 22.1. The van der Waals surface area contributed by atoms with Gasteiger partial charge in [-0.15, -0.1) is 0 Å². The molecule has 2 N–H and O–H groups in total. The molecule has 8 heteroatoms. The highest BCUT2D eigenvalue weighted by Gasteiger charge is 2.33. The summed E-state index contributed by atoms with van der Waals surface area (Å²) < 4.78 is 35.2. The predicted octanol–water partition coefficient (Wildman–Crippen LogP) is 1.62. The average molecular weight is 322 g/mol. The number of carbonyl (C=O) groups is 2. The monoisotopic (exact) mass is 322 g/mol. The number of rotatable bonds is 8. The molecule has 1 aliphatic rings. The molecule has 21 heavy (non-hydrogen) atoms. The van der Waals surface area contributed by atoms with Gasteiger partial charge in [0.25, 0.3) is 10.1 Å². The van der Waals surface area contributed by atoms with Crippen molar-refractivity contribution in [1.29, 1.82) is 0 Å². The third-order valence-electron chi connectivity index (χ3n) is 3.73. The van der Waals surface area contributed by atoms with E-state index in [1.807, 2.05) is 0 Å². The summed E-state index contributed by atoms with van der Waals surface area (Å²) in [5, 5.41) is 6.49. The molecule has 0 aromatic heterocycles. The molecule has 1 unspecified atom stereocenters. The Kier molecular flexibility index (Phi) is 7.10. The van der Waals surface area contributed by atoms with Crippen molar-refractivity contribution in [1.82, 2.24) is 0 Å². The van der Waals surface area contributed by atoms with E-state index in [2.05, 4.69) is 0 Å². The van der Waals surface area contributed by atoms with Crippen LogP contribution >= 0.6 is 0 Å². The van der Waals surface area contributed by atoms with Gasteiger partial charge in [-0.2, -0.15) is 8.42 Å². The van der Waals surface area contributed by atoms with Gasteiger partial charge in [-0.05, 0) is 18.8 Å². The smallest absolute Gasteiger partial charge is 0.325 e. The van der Waals surface area contributed by atoms with Gasteiger partial charge in [-0.3, -0.25) is 14.1 Å². The van der Waals surface area contributed by atoms with Gasteiger partial charge in [0.1, 0.15) is 0 Å². The molecular formula is C13H22O7S. The number of hydrogen-bond acceptors (Lipinski definition) is 5. The first kappa shape index (κ1) is 17.9. The molecule has 1 fully saturated rings. The maximum absolute atomic E-state index is 11.4. The average Bonchev–Trinajstić information content (AvgIpc) is 2.40. The van der Waals surface area contributed by atoms with Crippen LogP contribution in [-0.2, 0) is 24.4 Å². The van der Waals surface area contributed by atoms with Gasteiger partial charge < -0.3 is 9.84 Å². The molecule has 0 aliphatic heterocycles. The second-order valence-electron chi connectivity index (χ2n) is 5.41. The van der Waals surface area contributed by atoms with Crippen LogP contribution < -0.4 is 0 Å². The lowest BCUT2D eigenvalue weighted by Crippen LogP contribution is -2.32. The second kappa shape index (κ2) is 8.33. The summed E-state index contributed by atoms with van der Waals surface area (Å²) in [5.74, 6) is -2.04. The number of carboxylic acids is 1. The van der Waals surface area contributed by atoms with Crippen LogP contribution in [0.25, 0.3) is 0 Å². The lowest BCUT2D eigenvalue weighted by molar-refractivity contribution is -0.147. The highest BCUT2D eigenvalue weighted by Crippen LogP contribution is 2.27. The second-order valence-corrected chi connectivity index (χ2v) is 7.01. The maximum Gasteiger partial charge on any atom is 0.325 e. The quantitative estimate of drug-likeness (QED) is 0.396. The molecule has 1 saturated carbocycles. The fraction of sp³-hybridized carbons (Fsp3) is 0.846. The summed E-state index contributed by atoms with van der Waals surface area (Å²) in [5.41, 5.74) is 0. The number of esters is 1. The van der Waals surface area contributed by atoms with Gasteiger partial charge in [-0.1, -0.05) is 32.1 Å². The Morgan fingerprint density at radius 3 is 2.33 bits per heavy atom. The van der Waals surface area contributed by atoms with Crippen molar-refractivity contribution in [3.8, 4) is 0 Å². The zero-order valence-electron chi connectivity index (χ0n) is 11.9. The van der Waals surface area contributed by atoms with Crippen molar-refractivity contribution in [2.45, 2.75) is 56.6 Å². The first-order chi connectivity index (χ1) is 9.80. The highest BCUT2D eigenvalue weighted by atomic mass is 32.2. The Hall–Kier alpha value is -1.15.